The second kappa shape index (κ2) is 7.59. The number of aryl methyl sites for hydroxylation is 1. The highest BCUT2D eigenvalue weighted by atomic mass is 16.5. The van der Waals surface area contributed by atoms with E-state index in [0.29, 0.717) is 24.5 Å². The highest BCUT2D eigenvalue weighted by molar-refractivity contribution is 5.86. The molecule has 1 aliphatic heterocycles. The Balaban J connectivity index is 1.52. The molecule has 0 radical (unpaired) electrons. The summed E-state index contributed by atoms with van der Waals surface area (Å²) in [7, 11) is 5.60. The highest BCUT2D eigenvalue weighted by Gasteiger charge is 2.27. The molecule has 8 nitrogen and oxygen atoms in total. The Morgan fingerprint density at radius 3 is 2.81 bits per heavy atom. The van der Waals surface area contributed by atoms with Crippen molar-refractivity contribution in [1.29, 1.82) is 0 Å². The van der Waals surface area contributed by atoms with Crippen molar-refractivity contribution in [3.63, 3.8) is 0 Å². The minimum absolute atomic E-state index is 0.313. The molecule has 2 aromatic heterocycles. The number of aromatic nitrogens is 4. The predicted molar refractivity (Wildman–Crippen MR) is 104 cm³/mol. The van der Waals surface area contributed by atoms with Gasteiger partial charge in [0.1, 0.15) is 12.4 Å². The second-order valence-electron chi connectivity index (χ2n) is 6.97. The zero-order valence-corrected chi connectivity index (χ0v) is 15.9. The van der Waals surface area contributed by atoms with E-state index >= 15 is 0 Å². The van der Waals surface area contributed by atoms with Crippen molar-refractivity contribution in [3.8, 4) is 0 Å². The summed E-state index contributed by atoms with van der Waals surface area (Å²) in [5, 5.41) is 5.29. The Hall–Kier alpha value is -2.55. The van der Waals surface area contributed by atoms with E-state index in [0.717, 1.165) is 29.8 Å². The first kappa shape index (κ1) is 17.8. The van der Waals surface area contributed by atoms with Gasteiger partial charge >= 0.3 is 0 Å². The number of nitrogens with one attached hydrogen (secondary N) is 2. The minimum atomic E-state index is 0.313. The van der Waals surface area contributed by atoms with Crippen molar-refractivity contribution in [2.75, 3.05) is 25.6 Å². The van der Waals surface area contributed by atoms with Crippen molar-refractivity contribution < 1.29 is 4.74 Å². The summed E-state index contributed by atoms with van der Waals surface area (Å²) in [6, 6.07) is 11.1. The topological polar surface area (TPSA) is 80.1 Å². The van der Waals surface area contributed by atoms with E-state index in [4.69, 9.17) is 9.72 Å². The molecule has 8 heteroatoms. The molecule has 1 aliphatic rings. The molecule has 0 saturated carbocycles. The lowest BCUT2D eigenvalue weighted by Gasteiger charge is -2.23. The van der Waals surface area contributed by atoms with E-state index in [1.54, 1.807) is 11.8 Å². The number of nitrogens with zero attached hydrogens (tertiary/aromatic N) is 5. The van der Waals surface area contributed by atoms with Crippen molar-refractivity contribution in [2.45, 2.75) is 25.1 Å². The average molecular weight is 367 g/mol. The number of hydrogen-bond donors (Lipinski definition) is 2. The molecule has 2 atom stereocenters. The first-order valence-corrected chi connectivity index (χ1v) is 9.10. The average Bonchev–Trinajstić information content (AvgIpc) is 3.29. The van der Waals surface area contributed by atoms with Crippen LogP contribution >= 0.6 is 0 Å². The fourth-order valence-corrected chi connectivity index (χ4v) is 3.60. The van der Waals surface area contributed by atoms with Gasteiger partial charge in [0.25, 0.3) is 0 Å². The standard InChI is InChI=1S/C19H25N7O/c1-25(11-14-9-16(24-23-14)13-7-5-4-6-8-13)18-15-10-20-26(2)19(15)22-17(21-18)12-27-3/h4-8,10,14,16,23-24H,9,11-12H2,1-3H3. The number of ether oxygens (including phenoxy) is 1. The molecule has 3 aromatic rings. The molecule has 1 saturated heterocycles. The maximum absolute atomic E-state index is 5.23. The fourth-order valence-electron chi connectivity index (χ4n) is 3.60. The summed E-state index contributed by atoms with van der Waals surface area (Å²) in [5.74, 6) is 1.54. The number of methoxy groups -OCH3 is 1. The van der Waals surface area contributed by atoms with Crippen LogP contribution in [-0.2, 0) is 18.4 Å². The van der Waals surface area contributed by atoms with E-state index in [9.17, 15) is 0 Å². The SMILES string of the molecule is COCc1nc(N(C)CC2CC(c3ccccc3)NN2)c2cnn(C)c2n1. The summed E-state index contributed by atoms with van der Waals surface area (Å²) in [6.45, 7) is 1.20. The van der Waals surface area contributed by atoms with Crippen LogP contribution in [0.25, 0.3) is 11.0 Å². The quantitative estimate of drug-likeness (QED) is 0.684. The maximum atomic E-state index is 5.23. The number of likely N-dealkylation sites (N-methyl/N-ethyl adjacent to an activating group) is 1. The van der Waals surface area contributed by atoms with Crippen molar-refractivity contribution in [3.05, 3.63) is 47.9 Å². The van der Waals surface area contributed by atoms with Crippen LogP contribution in [0.15, 0.2) is 36.5 Å². The molecule has 1 fully saturated rings. The molecular weight excluding hydrogens is 342 g/mol. The van der Waals surface area contributed by atoms with Gasteiger partial charge in [0.05, 0.1) is 11.6 Å². The van der Waals surface area contributed by atoms with Crippen LogP contribution in [0.4, 0.5) is 5.82 Å². The number of fused-ring (bicyclic) bond motifs is 1. The fraction of sp³-hybridized carbons (Fsp3) is 0.421. The Kier molecular flexibility index (Phi) is 5.02. The van der Waals surface area contributed by atoms with Crippen LogP contribution in [0.2, 0.25) is 0 Å². The van der Waals surface area contributed by atoms with Crippen molar-refractivity contribution >= 4 is 16.9 Å². The van der Waals surface area contributed by atoms with Gasteiger partial charge in [-0.05, 0) is 12.0 Å². The zero-order valence-electron chi connectivity index (χ0n) is 15.9. The molecule has 27 heavy (non-hydrogen) atoms. The van der Waals surface area contributed by atoms with E-state index in [2.05, 4.69) is 57.1 Å². The predicted octanol–water partition coefficient (Wildman–Crippen LogP) is 1.55. The van der Waals surface area contributed by atoms with Gasteiger partial charge in [-0.25, -0.2) is 15.4 Å². The summed E-state index contributed by atoms with van der Waals surface area (Å²) in [6.07, 6.45) is 2.84. The Morgan fingerprint density at radius 1 is 1.22 bits per heavy atom. The molecule has 0 amide bonds. The maximum Gasteiger partial charge on any atom is 0.163 e. The van der Waals surface area contributed by atoms with Gasteiger partial charge in [-0.15, -0.1) is 0 Å². The number of hydrogen-bond acceptors (Lipinski definition) is 7. The summed E-state index contributed by atoms with van der Waals surface area (Å²) in [5.41, 5.74) is 8.94. The molecule has 2 unspecified atom stereocenters. The van der Waals surface area contributed by atoms with Gasteiger partial charge < -0.3 is 9.64 Å². The van der Waals surface area contributed by atoms with Crippen molar-refractivity contribution in [1.82, 2.24) is 30.6 Å². The summed E-state index contributed by atoms with van der Waals surface area (Å²) >= 11 is 0. The third-order valence-corrected chi connectivity index (χ3v) is 4.93. The zero-order chi connectivity index (χ0) is 18.8. The third-order valence-electron chi connectivity index (χ3n) is 4.93. The van der Waals surface area contributed by atoms with Crippen LogP contribution in [0, 0.1) is 0 Å². The number of benzene rings is 1. The van der Waals surface area contributed by atoms with Gasteiger partial charge in [-0.2, -0.15) is 5.10 Å². The van der Waals surface area contributed by atoms with Crippen LogP contribution in [0.5, 0.6) is 0 Å². The number of hydrazine groups is 1. The molecule has 0 aliphatic carbocycles. The molecule has 1 aromatic carbocycles. The van der Waals surface area contributed by atoms with E-state index < -0.39 is 0 Å². The van der Waals surface area contributed by atoms with Gasteiger partial charge in [0.2, 0.25) is 0 Å². The molecule has 4 rings (SSSR count). The Morgan fingerprint density at radius 2 is 2.04 bits per heavy atom. The Bertz CT molecular complexity index is 911. The lowest BCUT2D eigenvalue weighted by molar-refractivity contribution is 0.178. The number of rotatable bonds is 6. The van der Waals surface area contributed by atoms with Gasteiger partial charge in [0.15, 0.2) is 11.5 Å². The highest BCUT2D eigenvalue weighted by Crippen LogP contribution is 2.26. The third kappa shape index (κ3) is 3.64. The first-order chi connectivity index (χ1) is 13.2. The lowest BCUT2D eigenvalue weighted by atomic mass is 10.0. The van der Waals surface area contributed by atoms with Crippen LogP contribution in [0.3, 0.4) is 0 Å². The van der Waals surface area contributed by atoms with Gasteiger partial charge in [-0.1, -0.05) is 30.3 Å². The smallest absolute Gasteiger partial charge is 0.163 e. The van der Waals surface area contributed by atoms with E-state index in [1.807, 2.05) is 19.3 Å². The molecule has 2 N–H and O–H groups in total. The summed E-state index contributed by atoms with van der Waals surface area (Å²) in [4.78, 5) is 11.4. The lowest BCUT2D eigenvalue weighted by Crippen LogP contribution is -2.39. The Labute approximate surface area is 158 Å². The first-order valence-electron chi connectivity index (χ1n) is 9.10. The van der Waals surface area contributed by atoms with Crippen molar-refractivity contribution in [2.24, 2.45) is 7.05 Å². The minimum Gasteiger partial charge on any atom is -0.377 e. The molecule has 3 heterocycles. The second-order valence-corrected chi connectivity index (χ2v) is 6.97. The molecule has 0 bridgehead atoms. The molecule has 142 valence electrons. The van der Waals surface area contributed by atoms with Crippen LogP contribution in [0.1, 0.15) is 23.9 Å². The summed E-state index contributed by atoms with van der Waals surface area (Å²) < 4.78 is 7.00. The van der Waals surface area contributed by atoms with Gasteiger partial charge in [0, 0.05) is 39.8 Å². The monoisotopic (exact) mass is 367 g/mol. The largest absolute Gasteiger partial charge is 0.377 e. The van der Waals surface area contributed by atoms with Crippen LogP contribution in [-0.4, -0.2) is 46.5 Å². The molecular formula is C19H25N7O. The van der Waals surface area contributed by atoms with E-state index in [-0.39, 0.29) is 0 Å². The van der Waals surface area contributed by atoms with E-state index in [1.165, 1.54) is 5.56 Å². The number of anilines is 1. The van der Waals surface area contributed by atoms with Gasteiger partial charge in [-0.3, -0.25) is 10.1 Å². The molecule has 0 spiro atoms. The normalized spacial score (nSPS) is 19.7. The van der Waals surface area contributed by atoms with Crippen LogP contribution < -0.4 is 15.8 Å².